The molecule has 19 heavy (non-hydrogen) atoms. The fourth-order valence-corrected chi connectivity index (χ4v) is 1.92. The van der Waals surface area contributed by atoms with Gasteiger partial charge in [0.25, 0.3) is 5.91 Å². The van der Waals surface area contributed by atoms with E-state index in [9.17, 15) is 9.59 Å². The molecule has 0 radical (unpaired) electrons. The number of carbonyl (C=O) groups excluding carboxylic acids is 1. The van der Waals surface area contributed by atoms with E-state index < -0.39 is 0 Å². The third-order valence-corrected chi connectivity index (χ3v) is 2.83. The second kappa shape index (κ2) is 6.00. The van der Waals surface area contributed by atoms with E-state index in [1.54, 1.807) is 6.07 Å². The lowest BCUT2D eigenvalue weighted by molar-refractivity contribution is 0.0956. The average molecular weight is 256 g/mol. The average Bonchev–Trinajstić information content (AvgIpc) is 2.42. The number of aromatic amines is 1. The number of carbonyl (C=O) groups is 1. The molecule has 2 aromatic rings. The molecule has 2 rings (SSSR count). The molecule has 98 valence electrons. The molecule has 0 bridgehead atoms. The topological polar surface area (TPSA) is 62.0 Å². The van der Waals surface area contributed by atoms with E-state index in [1.807, 2.05) is 37.3 Å². The molecule has 4 heteroatoms. The van der Waals surface area contributed by atoms with E-state index in [2.05, 4.69) is 10.3 Å². The lowest BCUT2D eigenvalue weighted by Gasteiger charge is -2.06. The number of fused-ring (bicyclic) bond motifs is 1. The van der Waals surface area contributed by atoms with Gasteiger partial charge in [-0.2, -0.15) is 0 Å². The van der Waals surface area contributed by atoms with E-state index >= 15 is 0 Å². The normalized spacial score (nSPS) is 11.0. The van der Waals surface area contributed by atoms with Gasteiger partial charge in [-0.25, -0.2) is 0 Å². The third kappa shape index (κ3) is 3.10. The summed E-state index contributed by atoms with van der Waals surface area (Å²) in [6.45, 7) is 2.50. The maximum Gasteiger partial charge on any atom is 0.252 e. The number of nitrogens with one attached hydrogen (secondary N) is 2. The van der Waals surface area contributed by atoms with Crippen molar-refractivity contribution in [2.45, 2.75) is 13.3 Å². The molecule has 1 aromatic carbocycles. The van der Waals surface area contributed by atoms with Crippen LogP contribution in [0.3, 0.4) is 0 Å². The summed E-state index contributed by atoms with van der Waals surface area (Å²) < 4.78 is 0. The molecule has 0 spiro atoms. The molecule has 1 aromatic heterocycles. The van der Waals surface area contributed by atoms with Gasteiger partial charge in [-0.3, -0.25) is 9.59 Å². The minimum Gasteiger partial charge on any atom is -0.352 e. The Morgan fingerprint density at radius 2 is 2.16 bits per heavy atom. The van der Waals surface area contributed by atoms with Crippen molar-refractivity contribution >= 4 is 16.8 Å². The fourth-order valence-electron chi connectivity index (χ4n) is 1.92. The largest absolute Gasteiger partial charge is 0.352 e. The predicted molar refractivity (Wildman–Crippen MR) is 76.3 cm³/mol. The van der Waals surface area contributed by atoms with Gasteiger partial charge in [0, 0.05) is 23.5 Å². The van der Waals surface area contributed by atoms with Gasteiger partial charge in [0.2, 0.25) is 5.56 Å². The van der Waals surface area contributed by atoms with Crippen molar-refractivity contribution in [1.29, 1.82) is 0 Å². The van der Waals surface area contributed by atoms with Crippen LogP contribution < -0.4 is 10.9 Å². The smallest absolute Gasteiger partial charge is 0.252 e. The molecular formula is C15H16N2O2. The summed E-state index contributed by atoms with van der Waals surface area (Å²) in [5.41, 5.74) is 0.825. The minimum absolute atomic E-state index is 0.216. The summed E-state index contributed by atoms with van der Waals surface area (Å²) >= 11 is 0. The monoisotopic (exact) mass is 256 g/mol. The number of hydrogen-bond donors (Lipinski definition) is 2. The van der Waals surface area contributed by atoms with Gasteiger partial charge in [-0.15, -0.1) is 0 Å². The SMILES string of the molecule is C/C=C/CCNC(=O)c1cc(=O)[nH]c2ccccc12. The van der Waals surface area contributed by atoms with Crippen molar-refractivity contribution in [3.05, 3.63) is 58.4 Å². The van der Waals surface area contributed by atoms with Crippen molar-refractivity contribution in [3.8, 4) is 0 Å². The number of pyridine rings is 1. The molecule has 1 amide bonds. The molecule has 0 saturated carbocycles. The van der Waals surface area contributed by atoms with Crippen LogP contribution in [0.5, 0.6) is 0 Å². The fraction of sp³-hybridized carbons (Fsp3) is 0.200. The van der Waals surface area contributed by atoms with Crippen LogP contribution in [0.2, 0.25) is 0 Å². The Labute approximate surface area is 111 Å². The Morgan fingerprint density at radius 3 is 2.95 bits per heavy atom. The molecule has 0 fully saturated rings. The summed E-state index contributed by atoms with van der Waals surface area (Å²) in [5.74, 6) is -0.216. The Hall–Kier alpha value is -2.36. The number of para-hydroxylation sites is 1. The van der Waals surface area contributed by atoms with Crippen LogP contribution in [-0.2, 0) is 0 Å². The lowest BCUT2D eigenvalue weighted by Crippen LogP contribution is -2.25. The van der Waals surface area contributed by atoms with E-state index in [0.29, 0.717) is 17.6 Å². The van der Waals surface area contributed by atoms with Gasteiger partial charge in [0.05, 0.1) is 5.56 Å². The summed E-state index contributed by atoms with van der Waals surface area (Å²) in [5, 5.41) is 3.57. The lowest BCUT2D eigenvalue weighted by atomic mass is 10.1. The van der Waals surface area contributed by atoms with Crippen molar-refractivity contribution < 1.29 is 4.79 Å². The first-order valence-electron chi connectivity index (χ1n) is 6.24. The Morgan fingerprint density at radius 1 is 1.37 bits per heavy atom. The van der Waals surface area contributed by atoms with Crippen LogP contribution in [0.1, 0.15) is 23.7 Å². The van der Waals surface area contributed by atoms with E-state index in [1.165, 1.54) is 6.07 Å². The Kier molecular flexibility index (Phi) is 4.13. The third-order valence-electron chi connectivity index (χ3n) is 2.83. The second-order valence-electron chi connectivity index (χ2n) is 4.21. The van der Waals surface area contributed by atoms with Gasteiger partial charge in [-0.05, 0) is 19.4 Å². The first kappa shape index (κ1) is 13.1. The molecule has 0 saturated heterocycles. The van der Waals surface area contributed by atoms with Crippen molar-refractivity contribution in [2.75, 3.05) is 6.54 Å². The van der Waals surface area contributed by atoms with Crippen molar-refractivity contribution in [2.24, 2.45) is 0 Å². The Balaban J connectivity index is 2.28. The molecule has 2 N–H and O–H groups in total. The number of benzene rings is 1. The van der Waals surface area contributed by atoms with Crippen molar-refractivity contribution in [3.63, 3.8) is 0 Å². The highest BCUT2D eigenvalue weighted by atomic mass is 16.2. The summed E-state index contributed by atoms with van der Waals surface area (Å²) in [4.78, 5) is 26.3. The zero-order valence-electron chi connectivity index (χ0n) is 10.8. The maximum absolute atomic E-state index is 12.1. The number of amides is 1. The molecule has 4 nitrogen and oxygen atoms in total. The van der Waals surface area contributed by atoms with E-state index in [4.69, 9.17) is 0 Å². The first-order valence-corrected chi connectivity index (χ1v) is 6.24. The van der Waals surface area contributed by atoms with Gasteiger partial charge < -0.3 is 10.3 Å². The van der Waals surface area contributed by atoms with Crippen LogP contribution in [-0.4, -0.2) is 17.4 Å². The quantitative estimate of drug-likeness (QED) is 0.651. The first-order chi connectivity index (χ1) is 9.22. The maximum atomic E-state index is 12.1. The molecule has 0 atom stereocenters. The number of rotatable bonds is 4. The van der Waals surface area contributed by atoms with E-state index in [0.717, 1.165) is 11.8 Å². The van der Waals surface area contributed by atoms with Gasteiger partial charge in [0.1, 0.15) is 0 Å². The van der Waals surface area contributed by atoms with Crippen LogP contribution in [0.15, 0.2) is 47.3 Å². The molecular weight excluding hydrogens is 240 g/mol. The van der Waals surface area contributed by atoms with Crippen molar-refractivity contribution in [1.82, 2.24) is 10.3 Å². The van der Waals surface area contributed by atoms with Gasteiger partial charge in [0.15, 0.2) is 0 Å². The summed E-state index contributed by atoms with van der Waals surface area (Å²) in [6, 6.07) is 8.62. The van der Waals surface area contributed by atoms with Crippen LogP contribution in [0.4, 0.5) is 0 Å². The summed E-state index contributed by atoms with van der Waals surface area (Å²) in [6.07, 6.45) is 4.70. The van der Waals surface area contributed by atoms with Crippen LogP contribution in [0.25, 0.3) is 10.9 Å². The highest BCUT2D eigenvalue weighted by Gasteiger charge is 2.10. The summed E-state index contributed by atoms with van der Waals surface area (Å²) in [7, 11) is 0. The number of aromatic nitrogens is 1. The highest BCUT2D eigenvalue weighted by molar-refractivity contribution is 6.05. The van der Waals surface area contributed by atoms with Crippen LogP contribution in [0, 0.1) is 0 Å². The molecule has 0 aliphatic heterocycles. The zero-order valence-corrected chi connectivity index (χ0v) is 10.8. The molecule has 1 heterocycles. The highest BCUT2D eigenvalue weighted by Crippen LogP contribution is 2.14. The molecule has 0 unspecified atom stereocenters. The molecule has 0 aliphatic rings. The Bertz CT molecular complexity index is 671. The second-order valence-corrected chi connectivity index (χ2v) is 4.21. The van der Waals surface area contributed by atoms with E-state index in [-0.39, 0.29) is 11.5 Å². The standard InChI is InChI=1S/C15H16N2O2/c1-2-3-6-9-16-15(19)12-10-14(18)17-13-8-5-4-7-11(12)13/h2-5,7-8,10H,6,9H2,1H3,(H,16,19)(H,17,18)/b3-2+. The minimum atomic E-state index is -0.266. The number of allylic oxidation sites excluding steroid dienone is 1. The molecule has 0 aliphatic carbocycles. The predicted octanol–water partition coefficient (Wildman–Crippen LogP) is 2.22. The number of hydrogen-bond acceptors (Lipinski definition) is 2. The van der Waals surface area contributed by atoms with Crippen LogP contribution >= 0.6 is 0 Å². The van der Waals surface area contributed by atoms with Gasteiger partial charge in [-0.1, -0.05) is 30.4 Å². The zero-order chi connectivity index (χ0) is 13.7. The number of H-pyrrole nitrogens is 1. The van der Waals surface area contributed by atoms with Gasteiger partial charge >= 0.3 is 0 Å².